The number of nitrogens with zero attached hydrogens (tertiary/aromatic N) is 2. The van der Waals surface area contributed by atoms with E-state index in [-0.39, 0.29) is 6.61 Å². The van der Waals surface area contributed by atoms with E-state index >= 15 is 0 Å². The normalized spacial score (nSPS) is 10.8. The molecule has 0 saturated carbocycles. The number of nitrogen functional groups attached to an aromatic ring is 1. The molecule has 15 heavy (non-hydrogen) atoms. The zero-order valence-electron chi connectivity index (χ0n) is 7.85. The van der Waals surface area contributed by atoms with Gasteiger partial charge in [0.05, 0.1) is 22.6 Å². The van der Waals surface area contributed by atoms with E-state index in [0.717, 1.165) is 15.0 Å². The Hall–Kier alpha value is -0.850. The van der Waals surface area contributed by atoms with Gasteiger partial charge in [0.15, 0.2) is 0 Å². The Bertz CT molecular complexity index is 466. The van der Waals surface area contributed by atoms with Crippen molar-refractivity contribution in [3.63, 3.8) is 0 Å². The number of hydrogen-bond acceptors (Lipinski definition) is 4. The summed E-state index contributed by atoms with van der Waals surface area (Å²) >= 11 is 5.06. The molecule has 0 atom stereocenters. The number of hydrogen-bond donors (Lipinski definition) is 2. The Kier molecular flexibility index (Phi) is 3.08. The Morgan fingerprint density at radius 3 is 3.00 bits per heavy atom. The van der Waals surface area contributed by atoms with Crippen LogP contribution in [0.5, 0.6) is 0 Å². The Morgan fingerprint density at radius 2 is 2.40 bits per heavy atom. The molecule has 0 aliphatic heterocycles. The number of anilines is 1. The smallest absolute Gasteiger partial charge is 0.122 e. The fraction of sp³-hybridized carbons (Fsp3) is 0.222. The molecule has 2 rings (SSSR count). The van der Waals surface area contributed by atoms with Crippen LogP contribution in [-0.2, 0) is 6.54 Å². The summed E-state index contributed by atoms with van der Waals surface area (Å²) in [7, 11) is 0. The molecule has 80 valence electrons. The molecule has 0 amide bonds. The van der Waals surface area contributed by atoms with Gasteiger partial charge >= 0.3 is 0 Å². The van der Waals surface area contributed by atoms with Gasteiger partial charge in [-0.2, -0.15) is 5.10 Å². The average Bonchev–Trinajstić information content (AvgIpc) is 2.75. The minimum absolute atomic E-state index is 0.0378. The van der Waals surface area contributed by atoms with Crippen molar-refractivity contribution in [2.45, 2.75) is 6.54 Å². The first-order valence-corrected chi connectivity index (χ1v) is 6.07. The molecule has 0 aromatic carbocycles. The molecule has 4 nitrogen and oxygen atoms in total. The zero-order valence-corrected chi connectivity index (χ0v) is 10.3. The third-order valence-electron chi connectivity index (χ3n) is 2.02. The largest absolute Gasteiger partial charge is 0.394 e. The maximum Gasteiger partial charge on any atom is 0.122 e. The van der Waals surface area contributed by atoms with Gasteiger partial charge in [-0.3, -0.25) is 0 Å². The monoisotopic (exact) mass is 287 g/mol. The molecule has 3 N–H and O–H groups in total. The lowest BCUT2D eigenvalue weighted by Crippen LogP contribution is -2.07. The first-order valence-electron chi connectivity index (χ1n) is 4.40. The van der Waals surface area contributed by atoms with E-state index in [0.29, 0.717) is 12.4 Å². The van der Waals surface area contributed by atoms with Crippen molar-refractivity contribution in [1.82, 2.24) is 9.78 Å². The van der Waals surface area contributed by atoms with Crippen LogP contribution in [0, 0.1) is 0 Å². The van der Waals surface area contributed by atoms with Gasteiger partial charge in [0.2, 0.25) is 0 Å². The maximum absolute atomic E-state index is 8.81. The van der Waals surface area contributed by atoms with Gasteiger partial charge in [-0.15, -0.1) is 11.3 Å². The predicted molar refractivity (Wildman–Crippen MR) is 64.7 cm³/mol. The number of rotatable bonds is 3. The molecule has 0 fully saturated rings. The minimum atomic E-state index is 0.0378. The summed E-state index contributed by atoms with van der Waals surface area (Å²) in [4.78, 5) is 0. The second-order valence-electron chi connectivity index (χ2n) is 3.01. The second-order valence-corrected chi connectivity index (χ2v) is 5.24. The zero-order chi connectivity index (χ0) is 10.8. The average molecular weight is 288 g/mol. The highest BCUT2D eigenvalue weighted by Crippen LogP contribution is 2.32. The number of aliphatic hydroxyl groups excluding tert-OH is 1. The van der Waals surface area contributed by atoms with Gasteiger partial charge in [-0.1, -0.05) is 0 Å². The van der Waals surface area contributed by atoms with Crippen molar-refractivity contribution < 1.29 is 5.11 Å². The van der Waals surface area contributed by atoms with E-state index in [4.69, 9.17) is 10.8 Å². The fourth-order valence-electron chi connectivity index (χ4n) is 1.31. The molecule has 0 bridgehead atoms. The third kappa shape index (κ3) is 2.06. The van der Waals surface area contributed by atoms with Crippen molar-refractivity contribution in [1.29, 1.82) is 0 Å². The van der Waals surface area contributed by atoms with E-state index in [1.165, 1.54) is 0 Å². The Morgan fingerprint density at radius 1 is 1.60 bits per heavy atom. The SMILES string of the molecule is Nc1cc(-c2ccsc2Br)nn1CCO. The minimum Gasteiger partial charge on any atom is -0.394 e. The molecule has 0 saturated heterocycles. The van der Waals surface area contributed by atoms with E-state index < -0.39 is 0 Å². The van der Waals surface area contributed by atoms with E-state index in [9.17, 15) is 0 Å². The number of aliphatic hydroxyl groups is 1. The van der Waals surface area contributed by atoms with Crippen LogP contribution in [-0.4, -0.2) is 21.5 Å². The Labute approximate surface area is 99.5 Å². The van der Waals surface area contributed by atoms with E-state index in [2.05, 4.69) is 21.0 Å². The number of halogens is 1. The van der Waals surface area contributed by atoms with Crippen molar-refractivity contribution in [3.05, 3.63) is 21.3 Å². The summed E-state index contributed by atoms with van der Waals surface area (Å²) < 4.78 is 2.63. The van der Waals surface area contributed by atoms with Crippen LogP contribution in [0.15, 0.2) is 21.3 Å². The molecule has 0 unspecified atom stereocenters. The molecule has 0 aliphatic rings. The standard InChI is InChI=1S/C9H10BrN3OS/c10-9-6(1-4-15-9)7-5-8(11)13(12-7)2-3-14/h1,4-5,14H,2-3,11H2. The number of nitrogens with two attached hydrogens (primary N) is 1. The lowest BCUT2D eigenvalue weighted by atomic mass is 10.2. The molecular formula is C9H10BrN3OS. The summed E-state index contributed by atoms with van der Waals surface area (Å²) in [5, 5.41) is 15.1. The molecule has 2 heterocycles. The van der Waals surface area contributed by atoms with Gasteiger partial charge in [-0.05, 0) is 27.4 Å². The quantitative estimate of drug-likeness (QED) is 0.907. The van der Waals surface area contributed by atoms with Crippen LogP contribution in [0.4, 0.5) is 5.82 Å². The summed E-state index contributed by atoms with van der Waals surface area (Å²) in [6, 6.07) is 3.79. The van der Waals surface area contributed by atoms with E-state index in [1.54, 1.807) is 16.0 Å². The summed E-state index contributed by atoms with van der Waals surface area (Å²) in [5.41, 5.74) is 7.62. The molecular weight excluding hydrogens is 278 g/mol. The van der Waals surface area contributed by atoms with Crippen molar-refractivity contribution >= 4 is 33.1 Å². The molecule has 0 radical (unpaired) electrons. The van der Waals surface area contributed by atoms with Crippen molar-refractivity contribution in [2.24, 2.45) is 0 Å². The third-order valence-corrected chi connectivity index (χ3v) is 3.70. The van der Waals surface area contributed by atoms with Crippen LogP contribution < -0.4 is 5.73 Å². The van der Waals surface area contributed by atoms with E-state index in [1.807, 2.05) is 17.5 Å². The predicted octanol–water partition coefficient (Wildman–Crippen LogP) is 1.95. The highest BCUT2D eigenvalue weighted by atomic mass is 79.9. The lowest BCUT2D eigenvalue weighted by Gasteiger charge is -1.98. The van der Waals surface area contributed by atoms with Crippen LogP contribution in [0.2, 0.25) is 0 Å². The van der Waals surface area contributed by atoms with Gasteiger partial charge in [-0.25, -0.2) is 4.68 Å². The van der Waals surface area contributed by atoms with Gasteiger partial charge in [0.1, 0.15) is 5.82 Å². The summed E-state index contributed by atoms with van der Waals surface area (Å²) in [6.07, 6.45) is 0. The highest BCUT2D eigenvalue weighted by molar-refractivity contribution is 9.11. The topological polar surface area (TPSA) is 64.1 Å². The number of aromatic nitrogens is 2. The van der Waals surface area contributed by atoms with Gasteiger partial charge in [0.25, 0.3) is 0 Å². The summed E-state index contributed by atoms with van der Waals surface area (Å²) in [6.45, 7) is 0.462. The van der Waals surface area contributed by atoms with Crippen LogP contribution in [0.25, 0.3) is 11.3 Å². The Balaban J connectivity index is 2.38. The second kappa shape index (κ2) is 4.34. The molecule has 0 aliphatic carbocycles. The summed E-state index contributed by atoms with van der Waals surface area (Å²) in [5.74, 6) is 0.567. The fourth-order valence-corrected chi connectivity index (χ4v) is 2.60. The van der Waals surface area contributed by atoms with Crippen molar-refractivity contribution in [2.75, 3.05) is 12.3 Å². The highest BCUT2D eigenvalue weighted by Gasteiger charge is 2.10. The van der Waals surface area contributed by atoms with Crippen LogP contribution in [0.3, 0.4) is 0 Å². The maximum atomic E-state index is 8.81. The first-order chi connectivity index (χ1) is 7.22. The van der Waals surface area contributed by atoms with Crippen LogP contribution >= 0.6 is 27.3 Å². The molecule has 2 aromatic heterocycles. The molecule has 0 spiro atoms. The van der Waals surface area contributed by atoms with Gasteiger partial charge < -0.3 is 10.8 Å². The number of thiophene rings is 1. The van der Waals surface area contributed by atoms with Crippen molar-refractivity contribution in [3.8, 4) is 11.3 Å². The van der Waals surface area contributed by atoms with Gasteiger partial charge in [0, 0.05) is 11.6 Å². The lowest BCUT2D eigenvalue weighted by molar-refractivity contribution is 0.270. The molecule has 6 heteroatoms. The first kappa shape index (κ1) is 10.7. The molecule has 2 aromatic rings. The van der Waals surface area contributed by atoms with Crippen LogP contribution in [0.1, 0.15) is 0 Å².